The summed E-state index contributed by atoms with van der Waals surface area (Å²) in [6.45, 7) is 0.257. The van der Waals surface area contributed by atoms with Gasteiger partial charge in [-0.1, -0.05) is 6.07 Å². The van der Waals surface area contributed by atoms with Crippen molar-refractivity contribution in [3.05, 3.63) is 23.8 Å². The van der Waals surface area contributed by atoms with Crippen molar-refractivity contribution < 1.29 is 14.3 Å². The topological polar surface area (TPSA) is 38.8 Å². The Bertz CT molecular complexity index is 434. The van der Waals surface area contributed by atoms with Crippen LogP contribution in [0, 0.1) is 0 Å². The lowest BCUT2D eigenvalue weighted by molar-refractivity contribution is -0.128. The fourth-order valence-electron chi connectivity index (χ4n) is 1.59. The van der Waals surface area contributed by atoms with E-state index < -0.39 is 0 Å². The van der Waals surface area contributed by atoms with Crippen LogP contribution in [-0.4, -0.2) is 31.7 Å². The summed E-state index contributed by atoms with van der Waals surface area (Å²) in [6.07, 6.45) is 0.371. The predicted molar refractivity (Wildman–Crippen MR) is 67.6 cm³/mol. The van der Waals surface area contributed by atoms with Crippen molar-refractivity contribution in [1.29, 1.82) is 0 Å². The van der Waals surface area contributed by atoms with E-state index in [0.29, 0.717) is 6.42 Å². The molecule has 0 aromatic heterocycles. The number of benzene rings is 1. The molecule has 2 rings (SSSR count). The molecule has 1 aromatic rings. The molecule has 1 aliphatic heterocycles. The van der Waals surface area contributed by atoms with Crippen LogP contribution in [0.25, 0.3) is 0 Å². The number of rotatable bonds is 3. The Balaban J connectivity index is 2.09. The highest BCUT2D eigenvalue weighted by Crippen LogP contribution is 2.36. The van der Waals surface area contributed by atoms with E-state index >= 15 is 0 Å². The van der Waals surface area contributed by atoms with Crippen LogP contribution in [0.1, 0.15) is 17.2 Å². The van der Waals surface area contributed by atoms with E-state index in [1.807, 2.05) is 18.2 Å². The molecular weight excluding hydrogens is 238 g/mol. The van der Waals surface area contributed by atoms with Crippen molar-refractivity contribution in [2.45, 2.75) is 11.7 Å². The summed E-state index contributed by atoms with van der Waals surface area (Å²) in [6, 6.07) is 5.64. The molecule has 1 heterocycles. The number of carbonyl (C=O) groups excluding carboxylic acids is 1. The molecule has 1 aliphatic rings. The molecule has 0 aliphatic carbocycles. The molecule has 0 N–H and O–H groups in total. The molecule has 0 fully saturated rings. The van der Waals surface area contributed by atoms with Crippen LogP contribution in [0.5, 0.6) is 11.5 Å². The average Bonchev–Trinajstić information content (AvgIpc) is 2.75. The zero-order valence-electron chi connectivity index (χ0n) is 9.84. The minimum absolute atomic E-state index is 0.0580. The molecule has 0 saturated carbocycles. The molecule has 0 bridgehead atoms. The van der Waals surface area contributed by atoms with Crippen molar-refractivity contribution in [3.63, 3.8) is 0 Å². The van der Waals surface area contributed by atoms with Crippen LogP contribution in [0.15, 0.2) is 18.2 Å². The molecule has 1 aromatic carbocycles. The van der Waals surface area contributed by atoms with E-state index in [2.05, 4.69) is 12.6 Å². The average molecular weight is 253 g/mol. The van der Waals surface area contributed by atoms with Gasteiger partial charge in [0.15, 0.2) is 11.5 Å². The van der Waals surface area contributed by atoms with E-state index in [0.717, 1.165) is 17.1 Å². The van der Waals surface area contributed by atoms with Gasteiger partial charge in [0.1, 0.15) is 0 Å². The number of hydrogen-bond acceptors (Lipinski definition) is 4. The monoisotopic (exact) mass is 253 g/mol. The van der Waals surface area contributed by atoms with Gasteiger partial charge in [-0.2, -0.15) is 12.6 Å². The van der Waals surface area contributed by atoms with Crippen molar-refractivity contribution >= 4 is 18.5 Å². The van der Waals surface area contributed by atoms with Crippen molar-refractivity contribution in [2.75, 3.05) is 20.9 Å². The lowest BCUT2D eigenvalue weighted by Gasteiger charge is -2.15. The smallest absolute Gasteiger partial charge is 0.231 e. The lowest BCUT2D eigenvalue weighted by atomic mass is 10.1. The Kier molecular flexibility index (Phi) is 3.47. The first-order valence-corrected chi connectivity index (χ1v) is 5.87. The maximum atomic E-state index is 11.6. The third kappa shape index (κ3) is 2.66. The second kappa shape index (κ2) is 4.87. The summed E-state index contributed by atoms with van der Waals surface area (Å²) in [5.74, 6) is 1.52. The van der Waals surface area contributed by atoms with Crippen LogP contribution in [0.3, 0.4) is 0 Å². The Morgan fingerprint density at radius 3 is 2.82 bits per heavy atom. The Morgan fingerprint density at radius 2 is 2.12 bits per heavy atom. The van der Waals surface area contributed by atoms with E-state index in [-0.39, 0.29) is 18.0 Å². The van der Waals surface area contributed by atoms with Gasteiger partial charge in [-0.3, -0.25) is 4.79 Å². The summed E-state index contributed by atoms with van der Waals surface area (Å²) in [7, 11) is 3.48. The van der Waals surface area contributed by atoms with Gasteiger partial charge in [-0.25, -0.2) is 0 Å². The van der Waals surface area contributed by atoms with Crippen molar-refractivity contribution in [2.24, 2.45) is 0 Å². The molecule has 0 spiro atoms. The van der Waals surface area contributed by atoms with Crippen molar-refractivity contribution in [3.8, 4) is 11.5 Å². The number of ether oxygens (including phenoxy) is 2. The van der Waals surface area contributed by atoms with Gasteiger partial charge in [0, 0.05) is 25.8 Å². The van der Waals surface area contributed by atoms with Crippen LogP contribution in [0.2, 0.25) is 0 Å². The first kappa shape index (κ1) is 12.1. The van der Waals surface area contributed by atoms with Gasteiger partial charge in [0.2, 0.25) is 12.7 Å². The van der Waals surface area contributed by atoms with E-state index in [1.165, 1.54) is 0 Å². The highest BCUT2D eigenvalue weighted by molar-refractivity contribution is 7.80. The van der Waals surface area contributed by atoms with E-state index in [1.54, 1.807) is 19.0 Å². The summed E-state index contributed by atoms with van der Waals surface area (Å²) < 4.78 is 10.5. The van der Waals surface area contributed by atoms with Crippen LogP contribution in [0.4, 0.5) is 0 Å². The lowest BCUT2D eigenvalue weighted by Crippen LogP contribution is -2.22. The van der Waals surface area contributed by atoms with Gasteiger partial charge < -0.3 is 14.4 Å². The second-order valence-electron chi connectivity index (χ2n) is 4.12. The molecule has 1 amide bonds. The molecule has 92 valence electrons. The first-order valence-electron chi connectivity index (χ1n) is 5.35. The van der Waals surface area contributed by atoms with Crippen molar-refractivity contribution in [1.82, 2.24) is 4.90 Å². The highest BCUT2D eigenvalue weighted by Gasteiger charge is 2.18. The Morgan fingerprint density at radius 1 is 1.41 bits per heavy atom. The Hall–Kier alpha value is -1.36. The zero-order chi connectivity index (χ0) is 12.4. The maximum absolute atomic E-state index is 11.6. The first-order chi connectivity index (χ1) is 8.08. The largest absolute Gasteiger partial charge is 0.454 e. The number of thiol groups is 1. The normalized spacial score (nSPS) is 14.5. The predicted octanol–water partition coefficient (Wildman–Crippen LogP) is 1.86. The molecule has 1 atom stereocenters. The van der Waals surface area contributed by atoms with Gasteiger partial charge in [0.25, 0.3) is 0 Å². The van der Waals surface area contributed by atoms with Crippen LogP contribution < -0.4 is 9.47 Å². The van der Waals surface area contributed by atoms with Gasteiger partial charge in [-0.05, 0) is 17.7 Å². The van der Waals surface area contributed by atoms with Gasteiger partial charge >= 0.3 is 0 Å². The quantitative estimate of drug-likeness (QED) is 0.836. The number of carbonyl (C=O) groups is 1. The third-order valence-electron chi connectivity index (χ3n) is 2.65. The van der Waals surface area contributed by atoms with Crippen LogP contribution >= 0.6 is 12.6 Å². The minimum atomic E-state index is -0.126. The van der Waals surface area contributed by atoms with E-state index in [9.17, 15) is 4.79 Å². The SMILES string of the molecule is CN(C)C(=O)CC(S)c1ccc2c(c1)OCO2. The number of nitrogens with zero attached hydrogens (tertiary/aromatic N) is 1. The van der Waals surface area contributed by atoms with Gasteiger partial charge in [0.05, 0.1) is 0 Å². The highest BCUT2D eigenvalue weighted by atomic mass is 32.1. The maximum Gasteiger partial charge on any atom is 0.231 e. The summed E-state index contributed by atoms with van der Waals surface area (Å²) in [5, 5.41) is -0.126. The zero-order valence-corrected chi connectivity index (χ0v) is 10.7. The fraction of sp³-hybridized carbons (Fsp3) is 0.417. The number of hydrogen-bond donors (Lipinski definition) is 1. The van der Waals surface area contributed by atoms with E-state index in [4.69, 9.17) is 9.47 Å². The number of fused-ring (bicyclic) bond motifs is 1. The van der Waals surface area contributed by atoms with Gasteiger partial charge in [-0.15, -0.1) is 0 Å². The molecule has 1 unspecified atom stereocenters. The summed E-state index contributed by atoms with van der Waals surface area (Å²) in [4.78, 5) is 13.1. The molecule has 4 nitrogen and oxygen atoms in total. The minimum Gasteiger partial charge on any atom is -0.454 e. The standard InChI is InChI=1S/C12H15NO3S/c1-13(2)12(14)6-11(17)8-3-4-9-10(5-8)16-7-15-9/h3-5,11,17H,6-7H2,1-2H3. The third-order valence-corrected chi connectivity index (χ3v) is 3.13. The van der Waals surface area contributed by atoms with Crippen LogP contribution in [-0.2, 0) is 4.79 Å². The fourth-order valence-corrected chi connectivity index (χ4v) is 1.90. The summed E-state index contributed by atoms with van der Waals surface area (Å²) >= 11 is 4.45. The molecule has 5 heteroatoms. The number of amides is 1. The Labute approximate surface area is 106 Å². The molecule has 0 radical (unpaired) electrons. The summed E-state index contributed by atoms with van der Waals surface area (Å²) in [5.41, 5.74) is 0.966. The molecular formula is C12H15NO3S. The molecule has 17 heavy (non-hydrogen) atoms. The second-order valence-corrected chi connectivity index (χ2v) is 4.74. The molecule has 0 saturated heterocycles.